The zero-order valence-electron chi connectivity index (χ0n) is 11.1. The minimum Gasteiger partial charge on any atom is -0.444 e. The first-order chi connectivity index (χ1) is 7.94. The second-order valence-corrected chi connectivity index (χ2v) is 6.22. The Morgan fingerprint density at radius 1 is 1.29 bits per heavy atom. The van der Waals surface area contributed by atoms with Crippen LogP contribution >= 0.6 is 0 Å². The molecular weight excluding hydrogens is 218 g/mol. The van der Waals surface area contributed by atoms with Gasteiger partial charge in [-0.2, -0.15) is 0 Å². The largest absolute Gasteiger partial charge is 0.444 e. The van der Waals surface area contributed by atoms with Crippen molar-refractivity contribution in [2.45, 2.75) is 39.2 Å². The Hall–Kier alpha value is -0.770. The van der Waals surface area contributed by atoms with Crippen LogP contribution in [0, 0.1) is 11.8 Å². The lowest BCUT2D eigenvalue weighted by molar-refractivity contribution is 0.00838. The predicted octanol–water partition coefficient (Wildman–Crippen LogP) is 2.28. The van der Waals surface area contributed by atoms with Crippen LogP contribution in [0.3, 0.4) is 0 Å². The Labute approximate surface area is 103 Å². The minimum absolute atomic E-state index is 0.172. The Morgan fingerprint density at radius 3 is 2.71 bits per heavy atom. The highest BCUT2D eigenvalue weighted by Crippen LogP contribution is 2.28. The Balaban J connectivity index is 1.95. The van der Waals surface area contributed by atoms with E-state index in [0.717, 1.165) is 32.7 Å². The van der Waals surface area contributed by atoms with Gasteiger partial charge in [0, 0.05) is 25.6 Å². The van der Waals surface area contributed by atoms with Gasteiger partial charge in [0.05, 0.1) is 6.61 Å². The van der Waals surface area contributed by atoms with Crippen molar-refractivity contribution < 1.29 is 14.3 Å². The van der Waals surface area contributed by atoms with Crippen LogP contribution in [0.1, 0.15) is 33.6 Å². The molecule has 1 amide bonds. The van der Waals surface area contributed by atoms with E-state index in [4.69, 9.17) is 9.47 Å². The first-order valence-electron chi connectivity index (χ1n) is 6.50. The summed E-state index contributed by atoms with van der Waals surface area (Å²) in [6, 6.07) is 0. The summed E-state index contributed by atoms with van der Waals surface area (Å²) in [5.74, 6) is 1.08. The average molecular weight is 241 g/mol. The first-order valence-corrected chi connectivity index (χ1v) is 6.50. The lowest BCUT2D eigenvalue weighted by atomic mass is 9.89. The number of carbonyl (C=O) groups excluding carboxylic acids is 1. The molecule has 0 radical (unpaired) electrons. The quantitative estimate of drug-likeness (QED) is 0.653. The van der Waals surface area contributed by atoms with Crippen molar-refractivity contribution in [3.63, 3.8) is 0 Å². The molecule has 4 nitrogen and oxygen atoms in total. The van der Waals surface area contributed by atoms with E-state index in [-0.39, 0.29) is 6.09 Å². The van der Waals surface area contributed by atoms with Crippen molar-refractivity contribution >= 4 is 6.09 Å². The molecule has 2 saturated heterocycles. The molecule has 98 valence electrons. The predicted molar refractivity (Wildman–Crippen MR) is 64.8 cm³/mol. The molecule has 2 bridgehead atoms. The van der Waals surface area contributed by atoms with E-state index in [1.54, 1.807) is 0 Å². The summed E-state index contributed by atoms with van der Waals surface area (Å²) in [4.78, 5) is 13.9. The number of likely N-dealkylation sites (tertiary alicyclic amines) is 1. The third-order valence-electron chi connectivity index (χ3n) is 3.30. The number of nitrogens with zero attached hydrogens (tertiary/aromatic N) is 1. The number of amides is 1. The third-order valence-corrected chi connectivity index (χ3v) is 3.30. The number of piperidine rings is 1. The van der Waals surface area contributed by atoms with Gasteiger partial charge in [0.2, 0.25) is 0 Å². The van der Waals surface area contributed by atoms with Gasteiger partial charge >= 0.3 is 6.09 Å². The number of fused-ring (bicyclic) bond motifs is 2. The van der Waals surface area contributed by atoms with Crippen LogP contribution in [0.25, 0.3) is 0 Å². The number of rotatable bonds is 0. The summed E-state index contributed by atoms with van der Waals surface area (Å²) >= 11 is 0. The molecule has 2 unspecified atom stereocenters. The van der Waals surface area contributed by atoms with Crippen molar-refractivity contribution in [2.24, 2.45) is 11.8 Å². The topological polar surface area (TPSA) is 38.8 Å². The molecular formula is C13H23NO3. The highest BCUT2D eigenvalue weighted by atomic mass is 16.6. The van der Waals surface area contributed by atoms with Gasteiger partial charge in [-0.1, -0.05) is 0 Å². The molecule has 0 aromatic heterocycles. The lowest BCUT2D eigenvalue weighted by Gasteiger charge is -2.36. The maximum atomic E-state index is 12.0. The molecule has 0 aromatic carbocycles. The van der Waals surface area contributed by atoms with E-state index in [9.17, 15) is 4.79 Å². The van der Waals surface area contributed by atoms with Crippen molar-refractivity contribution in [3.05, 3.63) is 0 Å². The van der Waals surface area contributed by atoms with Crippen molar-refractivity contribution in [3.8, 4) is 0 Å². The number of hydrogen-bond acceptors (Lipinski definition) is 3. The zero-order valence-corrected chi connectivity index (χ0v) is 11.1. The van der Waals surface area contributed by atoms with Gasteiger partial charge < -0.3 is 14.4 Å². The second-order valence-electron chi connectivity index (χ2n) is 6.22. The standard InChI is InChI=1S/C13H23NO3/c1-13(2,3)17-12(15)14-7-10-4-5-16-9-11(6-10)8-14/h10-11H,4-9H2,1-3H3. The Morgan fingerprint density at radius 2 is 2.00 bits per heavy atom. The van der Waals surface area contributed by atoms with Crippen LogP contribution in [0.15, 0.2) is 0 Å². The molecule has 0 N–H and O–H groups in total. The van der Waals surface area contributed by atoms with Crippen LogP contribution in [0.4, 0.5) is 4.79 Å². The third kappa shape index (κ3) is 3.60. The van der Waals surface area contributed by atoms with E-state index >= 15 is 0 Å². The van der Waals surface area contributed by atoms with Crippen molar-refractivity contribution in [2.75, 3.05) is 26.3 Å². The average Bonchev–Trinajstić information content (AvgIpc) is 2.36. The molecule has 17 heavy (non-hydrogen) atoms. The van der Waals surface area contributed by atoms with Gasteiger partial charge in [0.1, 0.15) is 5.60 Å². The number of carbonyl (C=O) groups is 1. The fraction of sp³-hybridized carbons (Fsp3) is 0.923. The maximum Gasteiger partial charge on any atom is 0.410 e. The Kier molecular flexibility index (Phi) is 3.61. The van der Waals surface area contributed by atoms with Gasteiger partial charge in [-0.25, -0.2) is 4.79 Å². The summed E-state index contributed by atoms with van der Waals surface area (Å²) in [7, 11) is 0. The molecule has 0 aliphatic carbocycles. The van der Waals surface area contributed by atoms with Crippen LogP contribution in [0.5, 0.6) is 0 Å². The normalized spacial score (nSPS) is 29.7. The van der Waals surface area contributed by atoms with Crippen LogP contribution < -0.4 is 0 Å². The van der Waals surface area contributed by atoms with E-state index in [1.165, 1.54) is 6.42 Å². The summed E-state index contributed by atoms with van der Waals surface area (Å²) in [5.41, 5.74) is -0.407. The highest BCUT2D eigenvalue weighted by Gasteiger charge is 2.33. The molecule has 2 rings (SSSR count). The van der Waals surface area contributed by atoms with Crippen LogP contribution in [-0.2, 0) is 9.47 Å². The van der Waals surface area contributed by atoms with Crippen molar-refractivity contribution in [1.82, 2.24) is 4.90 Å². The molecule has 2 aliphatic rings. The van der Waals surface area contributed by atoms with E-state index in [1.807, 2.05) is 25.7 Å². The second kappa shape index (κ2) is 4.84. The molecule has 0 spiro atoms. The summed E-state index contributed by atoms with van der Waals surface area (Å²) < 4.78 is 11.0. The van der Waals surface area contributed by atoms with Gasteiger partial charge in [-0.15, -0.1) is 0 Å². The fourth-order valence-corrected chi connectivity index (χ4v) is 2.62. The van der Waals surface area contributed by atoms with Crippen molar-refractivity contribution in [1.29, 1.82) is 0 Å². The molecule has 0 saturated carbocycles. The van der Waals surface area contributed by atoms with Gasteiger partial charge in [0.25, 0.3) is 0 Å². The van der Waals surface area contributed by atoms with Crippen LogP contribution in [0.2, 0.25) is 0 Å². The minimum atomic E-state index is -0.407. The lowest BCUT2D eigenvalue weighted by Crippen LogP contribution is -2.46. The monoisotopic (exact) mass is 241 g/mol. The van der Waals surface area contributed by atoms with E-state index in [0.29, 0.717) is 11.8 Å². The molecule has 0 aromatic rings. The van der Waals surface area contributed by atoms with Gasteiger partial charge in [-0.05, 0) is 39.5 Å². The van der Waals surface area contributed by atoms with Gasteiger partial charge in [0.15, 0.2) is 0 Å². The van der Waals surface area contributed by atoms with Gasteiger partial charge in [-0.3, -0.25) is 0 Å². The van der Waals surface area contributed by atoms with Crippen LogP contribution in [-0.4, -0.2) is 42.9 Å². The Bertz CT molecular complexity index is 271. The number of hydrogen-bond donors (Lipinski definition) is 0. The molecule has 2 heterocycles. The molecule has 2 atom stereocenters. The SMILES string of the molecule is CC(C)(C)OC(=O)N1CC2CCOCC(C2)C1. The summed E-state index contributed by atoms with van der Waals surface area (Å²) in [6.07, 6.45) is 2.09. The molecule has 4 heteroatoms. The summed E-state index contributed by atoms with van der Waals surface area (Å²) in [6.45, 7) is 8.96. The number of ether oxygens (including phenoxy) is 2. The van der Waals surface area contributed by atoms with E-state index < -0.39 is 5.60 Å². The smallest absolute Gasteiger partial charge is 0.410 e. The van der Waals surface area contributed by atoms with E-state index in [2.05, 4.69) is 0 Å². The zero-order chi connectivity index (χ0) is 12.5. The maximum absolute atomic E-state index is 12.0. The fourth-order valence-electron chi connectivity index (χ4n) is 2.62. The molecule has 2 aliphatic heterocycles. The summed E-state index contributed by atoms with van der Waals surface area (Å²) in [5, 5.41) is 0. The first kappa shape index (κ1) is 12.7. The highest BCUT2D eigenvalue weighted by molar-refractivity contribution is 5.68. The molecule has 2 fully saturated rings.